The molecule has 1 fully saturated rings. The molecule has 2 aromatic carbocycles. The molecular formula is C27H32F3NO7. The molecule has 1 atom stereocenters. The zero-order valence-corrected chi connectivity index (χ0v) is 21.1. The first-order valence-electron chi connectivity index (χ1n) is 12.5. The summed E-state index contributed by atoms with van der Waals surface area (Å²) in [5.41, 5.74) is 0.768. The Morgan fingerprint density at radius 2 is 1.71 bits per heavy atom. The Morgan fingerprint density at radius 3 is 2.32 bits per heavy atom. The predicted octanol–water partition coefficient (Wildman–Crippen LogP) is 5.69. The van der Waals surface area contributed by atoms with E-state index in [4.69, 9.17) is 14.2 Å². The number of rotatable bonds is 13. The Kier molecular flexibility index (Phi) is 10.6. The lowest BCUT2D eigenvalue weighted by atomic mass is 10.1. The van der Waals surface area contributed by atoms with Crippen LogP contribution < -0.4 is 14.2 Å². The molecule has 1 aliphatic rings. The van der Waals surface area contributed by atoms with Crippen LogP contribution in [0.5, 0.6) is 17.2 Å². The summed E-state index contributed by atoms with van der Waals surface area (Å²) in [6.07, 6.45) is -2.40. The second-order valence-corrected chi connectivity index (χ2v) is 8.94. The van der Waals surface area contributed by atoms with E-state index in [-0.39, 0.29) is 31.2 Å². The summed E-state index contributed by atoms with van der Waals surface area (Å²) >= 11 is 0. The largest absolute Gasteiger partial charge is 0.573 e. The number of carbonyl (C=O) groups excluding carboxylic acids is 1. The number of para-hydroxylation sites is 2. The summed E-state index contributed by atoms with van der Waals surface area (Å²) in [6.45, 7) is 2.70. The van der Waals surface area contributed by atoms with Gasteiger partial charge in [0.1, 0.15) is 12.4 Å². The molecule has 0 aromatic heterocycles. The number of amides is 1. The monoisotopic (exact) mass is 539 g/mol. The summed E-state index contributed by atoms with van der Waals surface area (Å²) in [5.74, 6) is -1.16. The van der Waals surface area contributed by atoms with Crippen LogP contribution in [0.2, 0.25) is 0 Å². The minimum atomic E-state index is -4.92. The maximum atomic E-state index is 13.0. The van der Waals surface area contributed by atoms with Gasteiger partial charge < -0.3 is 29.0 Å². The van der Waals surface area contributed by atoms with Crippen LogP contribution in [-0.2, 0) is 16.0 Å². The van der Waals surface area contributed by atoms with Crippen molar-refractivity contribution in [3.05, 3.63) is 54.1 Å². The fourth-order valence-electron chi connectivity index (χ4n) is 4.29. The molecule has 208 valence electrons. The maximum Gasteiger partial charge on any atom is 0.573 e. The van der Waals surface area contributed by atoms with E-state index < -0.39 is 30.3 Å². The van der Waals surface area contributed by atoms with Crippen LogP contribution in [0.4, 0.5) is 18.0 Å². The number of aliphatic carboxylic acids is 1. The van der Waals surface area contributed by atoms with Gasteiger partial charge in [-0.15, -0.1) is 13.2 Å². The van der Waals surface area contributed by atoms with E-state index in [1.165, 1.54) is 23.1 Å². The molecule has 3 rings (SSSR count). The van der Waals surface area contributed by atoms with E-state index in [0.717, 1.165) is 37.3 Å². The Morgan fingerprint density at radius 1 is 1.05 bits per heavy atom. The molecule has 0 radical (unpaired) electrons. The molecule has 2 aromatic rings. The molecule has 1 N–H and O–H groups in total. The quantitative estimate of drug-likeness (QED) is 0.350. The smallest absolute Gasteiger partial charge is 0.492 e. The van der Waals surface area contributed by atoms with Crippen molar-refractivity contribution in [1.82, 2.24) is 4.90 Å². The first-order valence-corrected chi connectivity index (χ1v) is 12.5. The number of nitrogens with zero attached hydrogens (tertiary/aromatic N) is 1. The van der Waals surface area contributed by atoms with Crippen LogP contribution in [0.1, 0.15) is 38.2 Å². The number of alkyl halides is 3. The number of carboxylic acids is 1. The van der Waals surface area contributed by atoms with E-state index in [0.29, 0.717) is 18.9 Å². The maximum absolute atomic E-state index is 13.0. The third kappa shape index (κ3) is 9.44. The van der Waals surface area contributed by atoms with Gasteiger partial charge in [0.15, 0.2) is 17.6 Å². The average Bonchev–Trinajstić information content (AvgIpc) is 3.37. The number of carboxylic acid groups (broad SMARTS) is 1. The fraction of sp³-hybridized carbons (Fsp3) is 0.481. The van der Waals surface area contributed by atoms with E-state index >= 15 is 0 Å². The topological polar surface area (TPSA) is 94.5 Å². The number of carbonyl (C=O) groups is 2. The SMILES string of the molecule is CCOC(Cc1ccc(OCCN(CC2CCCC2)C(=O)Oc2ccccc2OC(F)(F)F)cc1)C(=O)O. The van der Waals surface area contributed by atoms with Crippen molar-refractivity contribution in [2.75, 3.05) is 26.3 Å². The molecule has 0 saturated heterocycles. The Bertz CT molecular complexity index is 1040. The summed E-state index contributed by atoms with van der Waals surface area (Å²) in [7, 11) is 0. The van der Waals surface area contributed by atoms with Gasteiger partial charge in [-0.3, -0.25) is 0 Å². The van der Waals surface area contributed by atoms with Crippen LogP contribution in [0.15, 0.2) is 48.5 Å². The molecule has 8 nitrogen and oxygen atoms in total. The molecule has 0 bridgehead atoms. The zero-order valence-electron chi connectivity index (χ0n) is 21.1. The molecule has 1 unspecified atom stereocenters. The third-order valence-corrected chi connectivity index (χ3v) is 6.10. The van der Waals surface area contributed by atoms with E-state index in [2.05, 4.69) is 4.74 Å². The lowest BCUT2D eigenvalue weighted by Gasteiger charge is -2.25. The number of ether oxygens (including phenoxy) is 4. The highest BCUT2D eigenvalue weighted by molar-refractivity contribution is 5.73. The van der Waals surface area contributed by atoms with Crippen molar-refractivity contribution < 1.29 is 46.8 Å². The van der Waals surface area contributed by atoms with Gasteiger partial charge in [-0.05, 0) is 55.5 Å². The van der Waals surface area contributed by atoms with Gasteiger partial charge in [0.2, 0.25) is 0 Å². The summed E-state index contributed by atoms with van der Waals surface area (Å²) in [6, 6.07) is 12.0. The van der Waals surface area contributed by atoms with Crippen molar-refractivity contribution in [3.63, 3.8) is 0 Å². The van der Waals surface area contributed by atoms with E-state index in [1.807, 2.05) is 0 Å². The van der Waals surface area contributed by atoms with Crippen molar-refractivity contribution >= 4 is 12.1 Å². The third-order valence-electron chi connectivity index (χ3n) is 6.10. The van der Waals surface area contributed by atoms with Crippen LogP contribution in [0.3, 0.4) is 0 Å². The standard InChI is InChI=1S/C27H32F3NO7/c1-2-35-24(25(32)33)17-19-11-13-21(14-12-19)36-16-15-31(18-20-7-3-4-8-20)26(34)37-22-9-5-6-10-23(22)38-27(28,29)30/h5-6,9-14,20,24H,2-4,7-8,15-18H2,1H3,(H,32,33). The van der Waals surface area contributed by atoms with Gasteiger partial charge in [0.05, 0.1) is 6.54 Å². The molecule has 38 heavy (non-hydrogen) atoms. The Balaban J connectivity index is 1.60. The predicted molar refractivity (Wildman–Crippen MR) is 131 cm³/mol. The van der Waals surface area contributed by atoms with Crippen molar-refractivity contribution in [3.8, 4) is 17.2 Å². The second kappa shape index (κ2) is 13.9. The van der Waals surface area contributed by atoms with Gasteiger partial charge >= 0.3 is 18.4 Å². The Labute approximate surface area is 219 Å². The first-order chi connectivity index (χ1) is 18.1. The van der Waals surface area contributed by atoms with Gasteiger partial charge in [-0.2, -0.15) is 0 Å². The number of benzene rings is 2. The molecule has 11 heteroatoms. The van der Waals surface area contributed by atoms with Crippen LogP contribution in [0, 0.1) is 5.92 Å². The van der Waals surface area contributed by atoms with Crippen LogP contribution >= 0.6 is 0 Å². The molecule has 0 aliphatic heterocycles. The first kappa shape index (κ1) is 29.1. The highest BCUT2D eigenvalue weighted by atomic mass is 19.4. The van der Waals surface area contributed by atoms with Gasteiger partial charge in [-0.25, -0.2) is 9.59 Å². The second-order valence-electron chi connectivity index (χ2n) is 8.94. The highest BCUT2D eigenvalue weighted by Gasteiger charge is 2.33. The van der Waals surface area contributed by atoms with Crippen molar-refractivity contribution in [2.45, 2.75) is 51.5 Å². The van der Waals surface area contributed by atoms with Crippen molar-refractivity contribution in [2.24, 2.45) is 5.92 Å². The molecule has 1 saturated carbocycles. The normalized spacial score (nSPS) is 14.6. The Hall–Kier alpha value is -3.47. The lowest BCUT2D eigenvalue weighted by molar-refractivity contribution is -0.275. The van der Waals surface area contributed by atoms with Gasteiger partial charge in [0.25, 0.3) is 0 Å². The van der Waals surface area contributed by atoms with Gasteiger partial charge in [0, 0.05) is 19.6 Å². The number of halogens is 3. The zero-order chi connectivity index (χ0) is 27.5. The number of hydrogen-bond donors (Lipinski definition) is 1. The van der Waals surface area contributed by atoms with Gasteiger partial charge in [-0.1, -0.05) is 37.1 Å². The van der Waals surface area contributed by atoms with Crippen molar-refractivity contribution in [1.29, 1.82) is 0 Å². The summed E-state index contributed by atoms with van der Waals surface area (Å²) in [4.78, 5) is 25.7. The molecule has 0 spiro atoms. The summed E-state index contributed by atoms with van der Waals surface area (Å²) in [5, 5.41) is 9.24. The van der Waals surface area contributed by atoms with Crippen LogP contribution in [-0.4, -0.2) is 60.8 Å². The molecular weight excluding hydrogens is 507 g/mol. The minimum absolute atomic E-state index is 0.124. The van der Waals surface area contributed by atoms with E-state index in [9.17, 15) is 27.9 Å². The average molecular weight is 540 g/mol. The lowest BCUT2D eigenvalue weighted by Crippen LogP contribution is -2.39. The van der Waals surface area contributed by atoms with E-state index in [1.54, 1.807) is 31.2 Å². The summed E-state index contributed by atoms with van der Waals surface area (Å²) < 4.78 is 58.6. The number of hydrogen-bond acceptors (Lipinski definition) is 6. The van der Waals surface area contributed by atoms with Crippen LogP contribution in [0.25, 0.3) is 0 Å². The fourth-order valence-corrected chi connectivity index (χ4v) is 4.29. The molecule has 1 amide bonds. The molecule has 1 aliphatic carbocycles. The molecule has 0 heterocycles. The minimum Gasteiger partial charge on any atom is -0.492 e. The highest BCUT2D eigenvalue weighted by Crippen LogP contribution is 2.32.